The number of alkyl halides is 17. The summed E-state index contributed by atoms with van der Waals surface area (Å²) < 4.78 is 230. The topological polar surface area (TPSA) is 113 Å². The van der Waals surface area contributed by atoms with Crippen molar-refractivity contribution in [3.63, 3.8) is 0 Å². The molecule has 1 saturated carbocycles. The van der Waals surface area contributed by atoms with Crippen molar-refractivity contribution in [1.82, 2.24) is 0 Å². The van der Waals surface area contributed by atoms with Gasteiger partial charge in [-0.2, -0.15) is 74.6 Å². The molecule has 0 spiro atoms. The van der Waals surface area contributed by atoms with E-state index in [2.05, 4.69) is 4.74 Å². The zero-order valence-electron chi connectivity index (χ0n) is 28.0. The molecule has 0 saturated heterocycles. The first-order chi connectivity index (χ1) is 22.6. The van der Waals surface area contributed by atoms with E-state index in [9.17, 15) is 94.4 Å². The highest BCUT2D eigenvalue weighted by Gasteiger charge is 2.78. The second kappa shape index (κ2) is 15.8. The van der Waals surface area contributed by atoms with Crippen molar-refractivity contribution >= 4 is 11.9 Å². The number of hydrogen-bond donors (Lipinski definition) is 3. The van der Waals surface area contributed by atoms with Gasteiger partial charge in [0.15, 0.2) is 6.61 Å². The predicted molar refractivity (Wildman–Crippen MR) is 141 cm³/mol. The number of esters is 2. The quantitative estimate of drug-likeness (QED) is 0.152. The van der Waals surface area contributed by atoms with Crippen molar-refractivity contribution in [3.8, 4) is 0 Å². The lowest BCUT2D eigenvalue weighted by atomic mass is 9.65. The smallest absolute Gasteiger partial charge is 0.426 e. The van der Waals surface area contributed by atoms with Crippen LogP contribution in [0, 0.1) is 22.7 Å². The van der Waals surface area contributed by atoms with Crippen LogP contribution in [0.5, 0.6) is 0 Å². The van der Waals surface area contributed by atoms with Crippen LogP contribution < -0.4 is 0 Å². The average Bonchev–Trinajstić information content (AvgIpc) is 2.95. The SMILES string of the molecule is CCC(C)(C)C(=O)OC1CC(C(O)(C(F)(F)F)C(F)(F)F)CC(C(O)(C(F)(F)F)C(F)(F)F)C1.CCC(C)(C)C(=O)OCC(F)(F)C(O)C(F)(F)F. The Balaban J connectivity index is 0.00000122. The van der Waals surface area contributed by atoms with Crippen LogP contribution in [0.3, 0.4) is 0 Å². The number of aliphatic hydroxyl groups excluding tert-OH is 1. The van der Waals surface area contributed by atoms with Crippen LogP contribution in [0.2, 0.25) is 0 Å². The monoisotopic (exact) mass is 808 g/mol. The molecule has 0 heterocycles. The number of ether oxygens (including phenoxy) is 2. The third-order valence-electron chi connectivity index (χ3n) is 8.83. The van der Waals surface area contributed by atoms with Crippen molar-refractivity contribution in [2.45, 2.75) is 134 Å². The minimum absolute atomic E-state index is 0.0184. The van der Waals surface area contributed by atoms with Gasteiger partial charge in [0.2, 0.25) is 6.10 Å². The maximum atomic E-state index is 13.3. The van der Waals surface area contributed by atoms with Crippen molar-refractivity contribution in [2.75, 3.05) is 6.61 Å². The van der Waals surface area contributed by atoms with E-state index >= 15 is 0 Å². The van der Waals surface area contributed by atoms with E-state index in [-0.39, 0.29) is 12.8 Å². The Hall–Kier alpha value is -2.37. The van der Waals surface area contributed by atoms with E-state index in [0.717, 1.165) is 0 Å². The lowest BCUT2D eigenvalue weighted by Gasteiger charge is -2.48. The predicted octanol–water partition coefficient (Wildman–Crippen LogP) is 7.99. The summed E-state index contributed by atoms with van der Waals surface area (Å²) in [5, 5.41) is 27.7. The Bertz CT molecular complexity index is 1130. The lowest BCUT2D eigenvalue weighted by molar-refractivity contribution is -0.405. The van der Waals surface area contributed by atoms with Crippen LogP contribution in [-0.4, -0.2) is 94.1 Å². The Morgan fingerprint density at radius 2 is 0.904 bits per heavy atom. The summed E-state index contributed by atoms with van der Waals surface area (Å²) in [4.78, 5) is 23.5. The molecule has 0 aromatic heterocycles. The Morgan fingerprint density at radius 1 is 0.596 bits per heavy atom. The summed E-state index contributed by atoms with van der Waals surface area (Å²) in [5.41, 5.74) is -14.0. The number of carbonyl (C=O) groups is 2. The largest absolute Gasteiger partial charge is 0.462 e. The molecule has 0 aromatic rings. The molecule has 1 rings (SSSR count). The van der Waals surface area contributed by atoms with Crippen LogP contribution in [-0.2, 0) is 19.1 Å². The van der Waals surface area contributed by atoms with Crippen LogP contribution in [0.25, 0.3) is 0 Å². The number of rotatable bonds is 10. The summed E-state index contributed by atoms with van der Waals surface area (Å²) in [6.07, 6.45) is -43.0. The highest BCUT2D eigenvalue weighted by molar-refractivity contribution is 5.76. The molecule has 0 bridgehead atoms. The van der Waals surface area contributed by atoms with E-state index in [1.54, 1.807) is 6.92 Å². The summed E-state index contributed by atoms with van der Waals surface area (Å²) >= 11 is 0. The molecule has 24 heteroatoms. The Kier molecular flexibility index (Phi) is 15.1. The minimum Gasteiger partial charge on any atom is -0.462 e. The van der Waals surface area contributed by atoms with Crippen LogP contribution in [0.15, 0.2) is 0 Å². The zero-order valence-corrected chi connectivity index (χ0v) is 28.0. The molecule has 3 atom stereocenters. The summed E-state index contributed by atoms with van der Waals surface area (Å²) in [7, 11) is 0. The fourth-order valence-electron chi connectivity index (χ4n) is 4.57. The third-order valence-corrected chi connectivity index (χ3v) is 8.83. The van der Waals surface area contributed by atoms with Gasteiger partial charge in [-0.25, -0.2) is 0 Å². The standard InChI is InChI=1S/C18H22F12O4.C10H15F5O3/c1-4-12(2,3)11(31)34-10-6-8(13(32,15(19,20)21)16(22,23)24)5-9(7-10)14(33,17(25,26)27)18(28,29)30;1-4-8(2,3)7(17)18-5-9(11,12)6(16)10(13,14)15/h8-10,32-33H,4-7H2,1-3H3;6,16H,4-5H2,1-3H3. The van der Waals surface area contributed by atoms with Crippen molar-refractivity contribution < 1.29 is 109 Å². The first-order valence-corrected chi connectivity index (χ1v) is 14.8. The molecule has 52 heavy (non-hydrogen) atoms. The van der Waals surface area contributed by atoms with Gasteiger partial charge in [0.25, 0.3) is 11.2 Å². The lowest BCUT2D eigenvalue weighted by Crippen LogP contribution is -2.67. The fourth-order valence-corrected chi connectivity index (χ4v) is 4.57. The molecule has 1 aliphatic rings. The molecule has 7 nitrogen and oxygen atoms in total. The van der Waals surface area contributed by atoms with Crippen molar-refractivity contribution in [2.24, 2.45) is 22.7 Å². The second-order valence-electron chi connectivity index (χ2n) is 13.4. The van der Waals surface area contributed by atoms with Gasteiger partial charge < -0.3 is 24.8 Å². The molecule has 3 unspecified atom stereocenters. The van der Waals surface area contributed by atoms with Crippen LogP contribution in [0.4, 0.5) is 74.6 Å². The minimum atomic E-state index is -6.58. The van der Waals surface area contributed by atoms with Crippen LogP contribution >= 0.6 is 0 Å². The maximum absolute atomic E-state index is 13.3. The van der Waals surface area contributed by atoms with E-state index in [4.69, 9.17) is 9.84 Å². The van der Waals surface area contributed by atoms with E-state index in [1.165, 1.54) is 34.6 Å². The molecule has 310 valence electrons. The molecular formula is C28H37F17O7. The maximum Gasteiger partial charge on any atom is 0.426 e. The van der Waals surface area contributed by atoms with Gasteiger partial charge in [-0.1, -0.05) is 13.8 Å². The van der Waals surface area contributed by atoms with Gasteiger partial charge in [0.1, 0.15) is 6.10 Å². The summed E-state index contributed by atoms with van der Waals surface area (Å²) in [6.45, 7) is 6.43. The van der Waals surface area contributed by atoms with Crippen molar-refractivity contribution in [3.05, 3.63) is 0 Å². The molecule has 1 aliphatic carbocycles. The molecule has 1 fully saturated rings. The number of carbonyl (C=O) groups excluding carboxylic acids is 2. The molecule has 0 aliphatic heterocycles. The summed E-state index contributed by atoms with van der Waals surface area (Å²) in [5.74, 6) is -13.7. The molecule has 0 aromatic carbocycles. The molecule has 0 radical (unpaired) electrons. The number of halogens is 17. The Morgan fingerprint density at radius 3 is 1.17 bits per heavy atom. The fraction of sp³-hybridized carbons (Fsp3) is 0.929. The molecule has 3 N–H and O–H groups in total. The normalized spacial score (nSPS) is 21.2. The second-order valence-corrected chi connectivity index (χ2v) is 13.4. The van der Waals surface area contributed by atoms with Gasteiger partial charge in [-0.3, -0.25) is 9.59 Å². The molecular weight excluding hydrogens is 771 g/mol. The van der Waals surface area contributed by atoms with E-state index in [1.807, 2.05) is 0 Å². The van der Waals surface area contributed by atoms with E-state index in [0.29, 0.717) is 0 Å². The highest BCUT2D eigenvalue weighted by atomic mass is 19.4. The Labute approximate surface area is 284 Å². The van der Waals surface area contributed by atoms with Gasteiger partial charge in [0.05, 0.1) is 10.8 Å². The number of aliphatic hydroxyl groups is 3. The molecule has 0 amide bonds. The van der Waals surface area contributed by atoms with Gasteiger partial charge in [0, 0.05) is 11.8 Å². The average molecular weight is 809 g/mol. The zero-order chi connectivity index (χ0) is 42.1. The van der Waals surface area contributed by atoms with Gasteiger partial charge in [-0.05, 0) is 59.8 Å². The third kappa shape index (κ3) is 10.9. The first kappa shape index (κ1) is 49.6. The number of hydrogen-bond acceptors (Lipinski definition) is 7. The van der Waals surface area contributed by atoms with Gasteiger partial charge >= 0.3 is 48.7 Å². The first-order valence-electron chi connectivity index (χ1n) is 14.8. The van der Waals surface area contributed by atoms with E-state index < -0.39 is 121 Å². The highest BCUT2D eigenvalue weighted by Crippen LogP contribution is 2.58. The summed E-state index contributed by atoms with van der Waals surface area (Å²) in [6, 6.07) is 0. The van der Waals surface area contributed by atoms with Crippen molar-refractivity contribution in [1.29, 1.82) is 0 Å². The van der Waals surface area contributed by atoms with Gasteiger partial charge in [-0.15, -0.1) is 0 Å². The van der Waals surface area contributed by atoms with Crippen LogP contribution in [0.1, 0.15) is 73.6 Å².